The summed E-state index contributed by atoms with van der Waals surface area (Å²) in [5.74, 6) is 1.91. The molecule has 28 heavy (non-hydrogen) atoms. The van der Waals surface area contributed by atoms with Gasteiger partial charge in [0.15, 0.2) is 0 Å². The second-order valence-corrected chi connectivity index (χ2v) is 6.43. The summed E-state index contributed by atoms with van der Waals surface area (Å²) in [4.78, 5) is 16.7. The summed E-state index contributed by atoms with van der Waals surface area (Å²) in [6.45, 7) is 3.98. The number of rotatable bonds is 7. The van der Waals surface area contributed by atoms with Crippen LogP contribution >= 0.6 is 0 Å². The number of amides is 1. The molecule has 0 spiro atoms. The third-order valence-electron chi connectivity index (χ3n) is 3.85. The number of anilines is 3. The Hall–Kier alpha value is -3.54. The molecule has 3 rings (SSSR count). The van der Waals surface area contributed by atoms with Crippen molar-refractivity contribution < 1.29 is 14.3 Å². The summed E-state index contributed by atoms with van der Waals surface area (Å²) < 4.78 is 10.8. The van der Waals surface area contributed by atoms with Crippen LogP contribution in [-0.2, 0) is 0 Å². The Balaban J connectivity index is 1.61. The van der Waals surface area contributed by atoms with E-state index in [2.05, 4.69) is 15.6 Å². The molecule has 0 fully saturated rings. The number of nitrogens with zero attached hydrogens (tertiary/aromatic N) is 1. The Kier molecular flexibility index (Phi) is 6.11. The summed E-state index contributed by atoms with van der Waals surface area (Å²) >= 11 is 0. The van der Waals surface area contributed by atoms with Crippen LogP contribution in [0, 0.1) is 0 Å². The van der Waals surface area contributed by atoms with Crippen molar-refractivity contribution in [3.05, 3.63) is 72.4 Å². The van der Waals surface area contributed by atoms with Crippen LogP contribution in [0.4, 0.5) is 17.2 Å². The molecule has 0 saturated carbocycles. The molecule has 2 N–H and O–H groups in total. The zero-order valence-electron chi connectivity index (χ0n) is 16.1. The molecule has 0 unspecified atom stereocenters. The van der Waals surface area contributed by atoms with Crippen molar-refractivity contribution in [1.29, 1.82) is 0 Å². The predicted molar refractivity (Wildman–Crippen MR) is 111 cm³/mol. The Labute approximate surface area is 164 Å². The first-order valence-electron chi connectivity index (χ1n) is 8.98. The average Bonchev–Trinajstić information content (AvgIpc) is 2.70. The molecule has 1 amide bonds. The van der Waals surface area contributed by atoms with Crippen molar-refractivity contribution in [2.24, 2.45) is 0 Å². The fourth-order valence-corrected chi connectivity index (χ4v) is 2.54. The third-order valence-corrected chi connectivity index (χ3v) is 3.85. The van der Waals surface area contributed by atoms with Crippen molar-refractivity contribution >= 4 is 23.1 Å². The van der Waals surface area contributed by atoms with Crippen molar-refractivity contribution in [1.82, 2.24) is 4.98 Å². The SMILES string of the molecule is COc1cccc(NC(=O)c2ccc(Nc3ccc(OC(C)C)cc3)nc2)c1. The molecule has 0 saturated heterocycles. The lowest BCUT2D eigenvalue weighted by Crippen LogP contribution is -2.12. The summed E-state index contributed by atoms with van der Waals surface area (Å²) in [6, 6.07) is 18.3. The van der Waals surface area contributed by atoms with Crippen molar-refractivity contribution in [3.63, 3.8) is 0 Å². The van der Waals surface area contributed by atoms with E-state index in [1.807, 2.05) is 50.2 Å². The van der Waals surface area contributed by atoms with Gasteiger partial charge in [0.25, 0.3) is 5.91 Å². The van der Waals surface area contributed by atoms with E-state index in [1.165, 1.54) is 6.20 Å². The maximum absolute atomic E-state index is 12.4. The number of hydrogen-bond donors (Lipinski definition) is 2. The van der Waals surface area contributed by atoms with Gasteiger partial charge in [0.05, 0.1) is 18.8 Å². The van der Waals surface area contributed by atoms with Gasteiger partial charge in [-0.1, -0.05) is 6.07 Å². The molecular weight excluding hydrogens is 354 g/mol. The Morgan fingerprint density at radius 2 is 1.75 bits per heavy atom. The van der Waals surface area contributed by atoms with Crippen molar-refractivity contribution in [3.8, 4) is 11.5 Å². The first-order chi connectivity index (χ1) is 13.5. The second-order valence-electron chi connectivity index (χ2n) is 6.43. The van der Waals surface area contributed by atoms with Crippen LogP contribution in [0.25, 0.3) is 0 Å². The molecule has 0 aliphatic heterocycles. The number of ether oxygens (including phenoxy) is 2. The second kappa shape index (κ2) is 8.90. The minimum Gasteiger partial charge on any atom is -0.497 e. The Bertz CT molecular complexity index is 923. The maximum atomic E-state index is 12.4. The lowest BCUT2D eigenvalue weighted by atomic mass is 10.2. The van der Waals surface area contributed by atoms with Crippen molar-refractivity contribution in [2.75, 3.05) is 17.7 Å². The fourth-order valence-electron chi connectivity index (χ4n) is 2.54. The number of benzene rings is 2. The zero-order valence-corrected chi connectivity index (χ0v) is 16.1. The monoisotopic (exact) mass is 377 g/mol. The van der Waals surface area contributed by atoms with Gasteiger partial charge in [0.1, 0.15) is 17.3 Å². The molecule has 1 aromatic heterocycles. The number of carbonyl (C=O) groups excluding carboxylic acids is 1. The van der Waals surface area contributed by atoms with E-state index in [0.717, 1.165) is 11.4 Å². The van der Waals surface area contributed by atoms with Gasteiger partial charge in [-0.05, 0) is 62.4 Å². The van der Waals surface area contributed by atoms with Crippen LogP contribution in [-0.4, -0.2) is 24.1 Å². The van der Waals surface area contributed by atoms with E-state index in [9.17, 15) is 4.79 Å². The topological polar surface area (TPSA) is 72.5 Å². The van der Waals surface area contributed by atoms with E-state index in [0.29, 0.717) is 22.8 Å². The molecule has 6 heteroatoms. The predicted octanol–water partition coefficient (Wildman–Crippen LogP) is 4.87. The van der Waals surface area contributed by atoms with Crippen LogP contribution in [0.2, 0.25) is 0 Å². The molecule has 0 atom stereocenters. The third kappa shape index (κ3) is 5.23. The van der Waals surface area contributed by atoms with Crippen LogP contribution < -0.4 is 20.1 Å². The molecule has 144 valence electrons. The quantitative estimate of drug-likeness (QED) is 0.614. The first-order valence-corrected chi connectivity index (χ1v) is 8.98. The average molecular weight is 377 g/mol. The Morgan fingerprint density at radius 1 is 0.964 bits per heavy atom. The molecule has 6 nitrogen and oxygen atoms in total. The summed E-state index contributed by atoms with van der Waals surface area (Å²) in [6.07, 6.45) is 1.67. The lowest BCUT2D eigenvalue weighted by Gasteiger charge is -2.11. The molecule has 3 aromatic rings. The van der Waals surface area contributed by atoms with Crippen LogP contribution in [0.1, 0.15) is 24.2 Å². The number of carbonyl (C=O) groups is 1. The molecule has 1 heterocycles. The van der Waals surface area contributed by atoms with Gasteiger partial charge < -0.3 is 20.1 Å². The van der Waals surface area contributed by atoms with Gasteiger partial charge in [-0.3, -0.25) is 4.79 Å². The number of pyridine rings is 1. The van der Waals surface area contributed by atoms with Crippen LogP contribution in [0.3, 0.4) is 0 Å². The normalized spacial score (nSPS) is 10.4. The molecule has 0 bridgehead atoms. The number of nitrogens with one attached hydrogen (secondary N) is 2. The van der Waals surface area contributed by atoms with Gasteiger partial charge in [0.2, 0.25) is 0 Å². The van der Waals surface area contributed by atoms with Crippen molar-refractivity contribution in [2.45, 2.75) is 20.0 Å². The van der Waals surface area contributed by atoms with Gasteiger partial charge >= 0.3 is 0 Å². The summed E-state index contributed by atoms with van der Waals surface area (Å²) in [7, 11) is 1.58. The highest BCUT2D eigenvalue weighted by molar-refractivity contribution is 6.04. The van der Waals surface area contributed by atoms with E-state index < -0.39 is 0 Å². The molecular formula is C22H23N3O3. The summed E-state index contributed by atoms with van der Waals surface area (Å²) in [5.41, 5.74) is 2.02. The van der Waals surface area contributed by atoms with E-state index >= 15 is 0 Å². The molecule has 0 radical (unpaired) electrons. The van der Waals surface area contributed by atoms with E-state index in [-0.39, 0.29) is 12.0 Å². The Morgan fingerprint density at radius 3 is 2.39 bits per heavy atom. The maximum Gasteiger partial charge on any atom is 0.257 e. The lowest BCUT2D eigenvalue weighted by molar-refractivity contribution is 0.102. The van der Waals surface area contributed by atoms with Gasteiger partial charge in [-0.15, -0.1) is 0 Å². The van der Waals surface area contributed by atoms with Gasteiger partial charge in [-0.25, -0.2) is 4.98 Å². The first kappa shape index (κ1) is 19.2. The van der Waals surface area contributed by atoms with Gasteiger partial charge in [0, 0.05) is 23.6 Å². The molecule has 0 aliphatic rings. The fraction of sp³-hybridized carbons (Fsp3) is 0.182. The smallest absolute Gasteiger partial charge is 0.257 e. The summed E-state index contributed by atoms with van der Waals surface area (Å²) in [5, 5.41) is 6.03. The zero-order chi connectivity index (χ0) is 19.9. The highest BCUT2D eigenvalue weighted by Crippen LogP contribution is 2.21. The molecule has 2 aromatic carbocycles. The minimum absolute atomic E-state index is 0.135. The van der Waals surface area contributed by atoms with Crippen LogP contribution in [0.15, 0.2) is 66.9 Å². The number of aromatic nitrogens is 1. The highest BCUT2D eigenvalue weighted by Gasteiger charge is 2.08. The number of methoxy groups -OCH3 is 1. The highest BCUT2D eigenvalue weighted by atomic mass is 16.5. The molecule has 0 aliphatic carbocycles. The number of hydrogen-bond acceptors (Lipinski definition) is 5. The largest absolute Gasteiger partial charge is 0.497 e. The van der Waals surface area contributed by atoms with E-state index in [1.54, 1.807) is 31.4 Å². The standard InChI is InChI=1S/C22H23N3O3/c1-15(2)28-19-10-8-17(9-11-19)24-21-12-7-16(14-23-21)22(26)25-18-5-4-6-20(13-18)27-3/h4-15H,1-3H3,(H,23,24)(H,25,26). The van der Waals surface area contributed by atoms with Crippen LogP contribution in [0.5, 0.6) is 11.5 Å². The van der Waals surface area contributed by atoms with Gasteiger partial charge in [-0.2, -0.15) is 0 Å². The minimum atomic E-state index is -0.234. The van der Waals surface area contributed by atoms with E-state index in [4.69, 9.17) is 9.47 Å².